The van der Waals surface area contributed by atoms with Crippen LogP contribution in [0.1, 0.15) is 19.8 Å². The Morgan fingerprint density at radius 1 is 1.41 bits per heavy atom. The van der Waals surface area contributed by atoms with E-state index >= 15 is 0 Å². The smallest absolute Gasteiger partial charge is 0.164 e. The van der Waals surface area contributed by atoms with E-state index in [1.807, 2.05) is 0 Å². The molecule has 0 bridgehead atoms. The Morgan fingerprint density at radius 3 is 2.82 bits per heavy atom. The van der Waals surface area contributed by atoms with Crippen LogP contribution in [0.15, 0.2) is 0 Å². The Labute approximate surface area is 109 Å². The quantitative estimate of drug-likeness (QED) is 0.699. The molecule has 1 rings (SSSR count). The summed E-state index contributed by atoms with van der Waals surface area (Å²) in [6.45, 7) is 5.96. The highest BCUT2D eigenvalue weighted by atomic mass is 32.2. The minimum absolute atomic E-state index is 0.271. The first-order chi connectivity index (χ1) is 8.05. The van der Waals surface area contributed by atoms with Gasteiger partial charge in [0.05, 0.1) is 0 Å². The maximum Gasteiger partial charge on any atom is 0.164 e. The SMILES string of the molecule is CCCNCCCN1CCSCC1S(C)(=O)=O. The zero-order chi connectivity index (χ0) is 12.7. The molecule has 0 aromatic rings. The van der Waals surface area contributed by atoms with E-state index in [0.29, 0.717) is 0 Å². The van der Waals surface area contributed by atoms with Gasteiger partial charge in [0, 0.05) is 30.9 Å². The normalized spacial score (nSPS) is 22.8. The minimum Gasteiger partial charge on any atom is -0.317 e. The van der Waals surface area contributed by atoms with Crippen molar-refractivity contribution in [2.45, 2.75) is 25.1 Å². The molecule has 0 amide bonds. The largest absolute Gasteiger partial charge is 0.317 e. The van der Waals surface area contributed by atoms with Gasteiger partial charge in [-0.15, -0.1) is 0 Å². The van der Waals surface area contributed by atoms with Crippen LogP contribution >= 0.6 is 11.8 Å². The van der Waals surface area contributed by atoms with Gasteiger partial charge < -0.3 is 5.32 Å². The maximum atomic E-state index is 11.7. The molecule has 4 nitrogen and oxygen atoms in total. The lowest BCUT2D eigenvalue weighted by molar-refractivity contribution is 0.266. The zero-order valence-corrected chi connectivity index (χ0v) is 12.4. The number of rotatable bonds is 7. The van der Waals surface area contributed by atoms with Gasteiger partial charge in [-0.2, -0.15) is 11.8 Å². The predicted molar refractivity (Wildman–Crippen MR) is 75.3 cm³/mol. The predicted octanol–water partition coefficient (Wildman–Crippen LogP) is 0.796. The fourth-order valence-electron chi connectivity index (χ4n) is 1.97. The van der Waals surface area contributed by atoms with Gasteiger partial charge in [0.2, 0.25) is 0 Å². The van der Waals surface area contributed by atoms with Gasteiger partial charge in [-0.25, -0.2) is 8.42 Å². The fourth-order valence-corrected chi connectivity index (χ4v) is 4.95. The molecule has 1 heterocycles. The van der Waals surface area contributed by atoms with Crippen LogP contribution in [0.2, 0.25) is 0 Å². The van der Waals surface area contributed by atoms with E-state index in [0.717, 1.165) is 50.5 Å². The molecule has 1 aliphatic heterocycles. The van der Waals surface area contributed by atoms with Crippen molar-refractivity contribution >= 4 is 21.6 Å². The maximum absolute atomic E-state index is 11.7. The van der Waals surface area contributed by atoms with Gasteiger partial charge in [0.15, 0.2) is 9.84 Å². The lowest BCUT2D eigenvalue weighted by Crippen LogP contribution is -2.47. The first-order valence-corrected chi connectivity index (χ1v) is 9.38. The van der Waals surface area contributed by atoms with Crippen LogP contribution < -0.4 is 5.32 Å². The summed E-state index contributed by atoms with van der Waals surface area (Å²) in [7, 11) is -2.94. The van der Waals surface area contributed by atoms with Gasteiger partial charge in [-0.05, 0) is 25.9 Å². The fraction of sp³-hybridized carbons (Fsp3) is 1.00. The van der Waals surface area contributed by atoms with Crippen molar-refractivity contribution in [1.29, 1.82) is 0 Å². The number of thioether (sulfide) groups is 1. The average molecular weight is 280 g/mol. The van der Waals surface area contributed by atoms with Crippen LogP contribution in [0.25, 0.3) is 0 Å². The third kappa shape index (κ3) is 5.59. The van der Waals surface area contributed by atoms with E-state index in [-0.39, 0.29) is 5.37 Å². The van der Waals surface area contributed by atoms with Gasteiger partial charge >= 0.3 is 0 Å². The second-order valence-electron chi connectivity index (χ2n) is 4.50. The van der Waals surface area contributed by atoms with Crippen LogP contribution in [0, 0.1) is 0 Å². The molecule has 1 unspecified atom stereocenters. The average Bonchev–Trinajstić information content (AvgIpc) is 2.28. The summed E-state index contributed by atoms with van der Waals surface area (Å²) in [5, 5.41) is 3.08. The van der Waals surface area contributed by atoms with Crippen molar-refractivity contribution in [3.8, 4) is 0 Å². The summed E-state index contributed by atoms with van der Waals surface area (Å²) in [6.07, 6.45) is 3.52. The zero-order valence-electron chi connectivity index (χ0n) is 10.8. The molecule has 1 atom stereocenters. The molecule has 102 valence electrons. The molecule has 1 fully saturated rings. The van der Waals surface area contributed by atoms with E-state index < -0.39 is 9.84 Å². The summed E-state index contributed by atoms with van der Waals surface area (Å²) >= 11 is 1.74. The number of sulfone groups is 1. The van der Waals surface area contributed by atoms with E-state index in [2.05, 4.69) is 17.1 Å². The van der Waals surface area contributed by atoms with Crippen molar-refractivity contribution in [2.75, 3.05) is 43.9 Å². The highest BCUT2D eigenvalue weighted by Gasteiger charge is 2.30. The molecular weight excluding hydrogens is 256 g/mol. The van der Waals surface area contributed by atoms with Gasteiger partial charge in [-0.1, -0.05) is 6.92 Å². The van der Waals surface area contributed by atoms with Crippen molar-refractivity contribution in [3.63, 3.8) is 0 Å². The second kappa shape index (κ2) is 7.61. The van der Waals surface area contributed by atoms with Crippen LogP contribution in [0.4, 0.5) is 0 Å². The summed E-state index contributed by atoms with van der Waals surface area (Å²) in [6, 6.07) is 0. The van der Waals surface area contributed by atoms with Gasteiger partial charge in [0.1, 0.15) is 5.37 Å². The highest BCUT2D eigenvalue weighted by Crippen LogP contribution is 2.20. The van der Waals surface area contributed by atoms with Crippen LogP contribution in [-0.2, 0) is 9.84 Å². The van der Waals surface area contributed by atoms with Crippen molar-refractivity contribution in [2.24, 2.45) is 0 Å². The van der Waals surface area contributed by atoms with E-state index in [1.54, 1.807) is 11.8 Å². The van der Waals surface area contributed by atoms with Crippen molar-refractivity contribution < 1.29 is 8.42 Å². The third-order valence-corrected chi connectivity index (χ3v) is 5.60. The molecular formula is C11H24N2O2S2. The van der Waals surface area contributed by atoms with E-state index in [1.165, 1.54) is 6.26 Å². The Balaban J connectivity index is 2.33. The molecule has 0 radical (unpaired) electrons. The first-order valence-electron chi connectivity index (χ1n) is 6.27. The Hall–Kier alpha value is 0.220. The molecule has 0 aromatic carbocycles. The molecule has 1 saturated heterocycles. The standard InChI is InChI=1S/C11H24N2O2S2/c1-3-5-12-6-4-7-13-8-9-16-10-11(13)17(2,14)15/h11-12H,3-10H2,1-2H3. The molecule has 0 spiro atoms. The Bertz CT molecular complexity index is 307. The summed E-state index contributed by atoms with van der Waals surface area (Å²) in [5.41, 5.74) is 0. The molecule has 1 N–H and O–H groups in total. The summed E-state index contributed by atoms with van der Waals surface area (Å²) in [5.74, 6) is 1.77. The van der Waals surface area contributed by atoms with Crippen molar-refractivity contribution in [3.05, 3.63) is 0 Å². The molecule has 17 heavy (non-hydrogen) atoms. The van der Waals surface area contributed by atoms with Crippen LogP contribution in [0.3, 0.4) is 0 Å². The van der Waals surface area contributed by atoms with E-state index in [9.17, 15) is 8.42 Å². The second-order valence-corrected chi connectivity index (χ2v) is 7.85. The number of nitrogens with one attached hydrogen (secondary N) is 1. The highest BCUT2D eigenvalue weighted by molar-refractivity contribution is 8.00. The van der Waals surface area contributed by atoms with Gasteiger partial charge in [-0.3, -0.25) is 4.90 Å². The summed E-state index contributed by atoms with van der Waals surface area (Å²) in [4.78, 5) is 2.12. The first kappa shape index (κ1) is 15.3. The molecule has 1 aliphatic rings. The van der Waals surface area contributed by atoms with Crippen molar-refractivity contribution in [1.82, 2.24) is 10.2 Å². The lowest BCUT2D eigenvalue weighted by atomic mass is 10.3. The molecule has 0 aromatic heterocycles. The molecule has 0 aliphatic carbocycles. The number of hydrogen-bond acceptors (Lipinski definition) is 5. The van der Waals surface area contributed by atoms with E-state index in [4.69, 9.17) is 0 Å². The molecule has 0 saturated carbocycles. The number of hydrogen-bond donors (Lipinski definition) is 1. The third-order valence-electron chi connectivity index (χ3n) is 2.91. The van der Waals surface area contributed by atoms with Crippen LogP contribution in [0.5, 0.6) is 0 Å². The number of nitrogens with zero attached hydrogens (tertiary/aromatic N) is 1. The monoisotopic (exact) mass is 280 g/mol. The van der Waals surface area contributed by atoms with Crippen LogP contribution in [-0.4, -0.2) is 62.6 Å². The Kier molecular flexibility index (Phi) is 6.84. The summed E-state index contributed by atoms with van der Waals surface area (Å²) < 4.78 is 23.3. The topological polar surface area (TPSA) is 49.4 Å². The lowest BCUT2D eigenvalue weighted by Gasteiger charge is -2.33. The molecule has 6 heteroatoms. The minimum atomic E-state index is -2.94. The van der Waals surface area contributed by atoms with Gasteiger partial charge in [0.25, 0.3) is 0 Å². The Morgan fingerprint density at radius 2 is 2.18 bits per heavy atom.